The van der Waals surface area contributed by atoms with Gasteiger partial charge in [0.05, 0.1) is 11.7 Å². The van der Waals surface area contributed by atoms with Crippen LogP contribution in [0.25, 0.3) is 0 Å². The van der Waals surface area contributed by atoms with Crippen molar-refractivity contribution >= 4 is 29.9 Å². The number of likely N-dealkylation sites (tertiary alicyclic amines) is 1. The Hall–Kier alpha value is -1.61. The molecule has 0 amide bonds. The number of halogens is 1. The number of nitrogens with one attached hydrogen (secondary N) is 2. The van der Waals surface area contributed by atoms with Crippen molar-refractivity contribution in [1.29, 1.82) is 0 Å². The zero-order valence-corrected chi connectivity index (χ0v) is 20.4. The summed E-state index contributed by atoms with van der Waals surface area (Å²) in [5, 5.41) is 11.5. The van der Waals surface area contributed by atoms with Crippen LogP contribution in [0.1, 0.15) is 41.4 Å². The van der Waals surface area contributed by atoms with Crippen LogP contribution in [0.5, 0.6) is 0 Å². The molecule has 7 heteroatoms. The molecule has 29 heavy (non-hydrogen) atoms. The Kier molecular flexibility index (Phi) is 9.42. The van der Waals surface area contributed by atoms with E-state index >= 15 is 0 Å². The highest BCUT2D eigenvalue weighted by molar-refractivity contribution is 14.0. The van der Waals surface area contributed by atoms with Crippen molar-refractivity contribution in [3.63, 3.8) is 0 Å². The van der Waals surface area contributed by atoms with Gasteiger partial charge in [-0.15, -0.1) is 24.0 Å². The zero-order valence-electron chi connectivity index (χ0n) is 18.1. The summed E-state index contributed by atoms with van der Waals surface area (Å²) < 4.78 is 1.96. The minimum absolute atomic E-state index is 0. The summed E-state index contributed by atoms with van der Waals surface area (Å²) in [6.07, 6.45) is 3.53. The molecule has 6 nitrogen and oxygen atoms in total. The second-order valence-corrected chi connectivity index (χ2v) is 7.57. The van der Waals surface area contributed by atoms with E-state index in [4.69, 9.17) is 0 Å². The van der Waals surface area contributed by atoms with E-state index in [0.717, 1.165) is 31.2 Å². The van der Waals surface area contributed by atoms with E-state index in [-0.39, 0.29) is 24.0 Å². The maximum Gasteiger partial charge on any atom is 0.191 e. The van der Waals surface area contributed by atoms with Crippen LogP contribution in [0, 0.1) is 13.8 Å². The van der Waals surface area contributed by atoms with Gasteiger partial charge in [0.15, 0.2) is 5.96 Å². The molecule has 2 aromatic rings. The number of hydrogen-bond acceptors (Lipinski definition) is 3. The van der Waals surface area contributed by atoms with E-state index in [2.05, 4.69) is 69.8 Å². The molecule has 1 aliphatic rings. The summed E-state index contributed by atoms with van der Waals surface area (Å²) in [7, 11) is 3.84. The number of aromatic nitrogens is 2. The third kappa shape index (κ3) is 6.18. The largest absolute Gasteiger partial charge is 0.356 e. The highest BCUT2D eigenvalue weighted by Gasteiger charge is 2.23. The number of rotatable bonds is 7. The van der Waals surface area contributed by atoms with Crippen LogP contribution in [0.4, 0.5) is 0 Å². The lowest BCUT2D eigenvalue weighted by Crippen LogP contribution is -2.43. The van der Waals surface area contributed by atoms with Gasteiger partial charge in [-0.25, -0.2) is 0 Å². The number of nitrogens with zero attached hydrogens (tertiary/aromatic N) is 4. The summed E-state index contributed by atoms with van der Waals surface area (Å²) in [4.78, 5) is 7.00. The molecule has 1 fully saturated rings. The van der Waals surface area contributed by atoms with Crippen molar-refractivity contribution < 1.29 is 0 Å². The summed E-state index contributed by atoms with van der Waals surface area (Å²) >= 11 is 0. The first-order valence-corrected chi connectivity index (χ1v) is 10.3. The van der Waals surface area contributed by atoms with Crippen molar-refractivity contribution in [2.75, 3.05) is 33.2 Å². The summed E-state index contributed by atoms with van der Waals surface area (Å²) in [5.74, 6) is 0.860. The first-order valence-electron chi connectivity index (χ1n) is 10.3. The van der Waals surface area contributed by atoms with E-state index in [1.807, 2.05) is 18.8 Å². The molecule has 160 valence electrons. The molecule has 2 N–H and O–H groups in total. The van der Waals surface area contributed by atoms with Crippen LogP contribution >= 0.6 is 24.0 Å². The number of benzene rings is 1. The van der Waals surface area contributed by atoms with Crippen LogP contribution in [-0.4, -0.2) is 53.9 Å². The first kappa shape index (κ1) is 23.7. The molecular weight excluding hydrogens is 475 g/mol. The van der Waals surface area contributed by atoms with Crippen molar-refractivity contribution in [1.82, 2.24) is 25.3 Å². The zero-order chi connectivity index (χ0) is 19.9. The second kappa shape index (κ2) is 11.5. The fraction of sp³-hybridized carbons (Fsp3) is 0.545. The third-order valence-electron chi connectivity index (χ3n) is 5.78. The minimum atomic E-state index is 0. The lowest BCUT2D eigenvalue weighted by Gasteiger charge is -2.29. The average molecular weight is 510 g/mol. The van der Waals surface area contributed by atoms with E-state index in [9.17, 15) is 0 Å². The number of aryl methyl sites for hydroxylation is 2. The topological polar surface area (TPSA) is 57.5 Å². The Bertz CT molecular complexity index is 780. The number of guanidine groups is 1. The molecule has 0 bridgehead atoms. The molecule has 0 radical (unpaired) electrons. The van der Waals surface area contributed by atoms with Crippen LogP contribution in [0.15, 0.2) is 35.3 Å². The lowest BCUT2D eigenvalue weighted by atomic mass is 10.1. The molecule has 3 rings (SSSR count). The van der Waals surface area contributed by atoms with Crippen molar-refractivity contribution in [2.24, 2.45) is 12.0 Å². The summed E-state index contributed by atoms with van der Waals surface area (Å²) in [5.41, 5.74) is 5.04. The van der Waals surface area contributed by atoms with Gasteiger partial charge < -0.3 is 10.6 Å². The number of aliphatic imine (C=N–C) groups is 1. The van der Waals surface area contributed by atoms with Gasteiger partial charge in [0, 0.05) is 32.9 Å². The van der Waals surface area contributed by atoms with Gasteiger partial charge in [-0.3, -0.25) is 14.6 Å². The second-order valence-electron chi connectivity index (χ2n) is 7.57. The molecule has 1 saturated heterocycles. The summed E-state index contributed by atoms with van der Waals surface area (Å²) in [6.45, 7) is 8.25. The lowest BCUT2D eigenvalue weighted by molar-refractivity contribution is 0.245. The van der Waals surface area contributed by atoms with Crippen molar-refractivity contribution in [3.05, 3.63) is 52.8 Å². The Morgan fingerprint density at radius 1 is 1.14 bits per heavy atom. The minimum Gasteiger partial charge on any atom is -0.356 e. The van der Waals surface area contributed by atoms with E-state index in [1.54, 1.807) is 0 Å². The Morgan fingerprint density at radius 2 is 1.83 bits per heavy atom. The van der Waals surface area contributed by atoms with Crippen LogP contribution in [0.2, 0.25) is 0 Å². The predicted molar refractivity (Wildman–Crippen MR) is 131 cm³/mol. The molecular formula is C22H35IN6. The van der Waals surface area contributed by atoms with Gasteiger partial charge in [-0.2, -0.15) is 5.10 Å². The van der Waals surface area contributed by atoms with Gasteiger partial charge in [-0.05, 0) is 57.3 Å². The van der Waals surface area contributed by atoms with Gasteiger partial charge in [0.1, 0.15) is 0 Å². The van der Waals surface area contributed by atoms with E-state index in [0.29, 0.717) is 6.04 Å². The molecule has 1 unspecified atom stereocenters. The SMILES string of the molecule is CN=C(NCCc1c(C)nn(C)c1C)NCC(c1ccccc1)N1CCCC1.I. The molecule has 1 atom stereocenters. The monoisotopic (exact) mass is 510 g/mol. The maximum atomic E-state index is 4.50. The van der Waals surface area contributed by atoms with Gasteiger partial charge >= 0.3 is 0 Å². The van der Waals surface area contributed by atoms with E-state index < -0.39 is 0 Å². The molecule has 1 aromatic heterocycles. The third-order valence-corrected chi connectivity index (χ3v) is 5.78. The Morgan fingerprint density at radius 3 is 2.41 bits per heavy atom. The molecule has 1 aromatic carbocycles. The standard InChI is InChI=1S/C22H34N6.HI/c1-17-20(18(2)27(4)26-17)12-13-24-22(23-3)25-16-21(28-14-8-9-15-28)19-10-6-5-7-11-19;/h5-7,10-11,21H,8-9,12-16H2,1-4H3,(H2,23,24,25);1H. The smallest absolute Gasteiger partial charge is 0.191 e. The van der Waals surface area contributed by atoms with Gasteiger partial charge in [0.2, 0.25) is 0 Å². The molecule has 1 aliphatic heterocycles. The molecule has 0 saturated carbocycles. The van der Waals surface area contributed by atoms with Crippen molar-refractivity contribution in [3.8, 4) is 0 Å². The van der Waals surface area contributed by atoms with Crippen molar-refractivity contribution in [2.45, 2.75) is 39.2 Å². The quantitative estimate of drug-likeness (QED) is 0.342. The molecule has 0 aliphatic carbocycles. The Balaban J connectivity index is 0.00000300. The van der Waals surface area contributed by atoms with Crippen LogP contribution < -0.4 is 10.6 Å². The maximum absolute atomic E-state index is 4.50. The fourth-order valence-electron chi connectivity index (χ4n) is 4.09. The summed E-state index contributed by atoms with van der Waals surface area (Å²) in [6, 6.07) is 11.2. The van der Waals surface area contributed by atoms with Gasteiger partial charge in [0.25, 0.3) is 0 Å². The molecule has 2 heterocycles. The fourth-order valence-corrected chi connectivity index (χ4v) is 4.09. The Labute approximate surface area is 192 Å². The average Bonchev–Trinajstić information content (AvgIpc) is 3.31. The predicted octanol–water partition coefficient (Wildman–Crippen LogP) is 3.20. The first-order chi connectivity index (χ1) is 13.6. The van der Waals surface area contributed by atoms with Crippen LogP contribution in [0.3, 0.4) is 0 Å². The number of hydrogen-bond donors (Lipinski definition) is 2. The van der Waals surface area contributed by atoms with Gasteiger partial charge in [-0.1, -0.05) is 30.3 Å². The van der Waals surface area contributed by atoms with E-state index in [1.165, 1.54) is 42.8 Å². The highest BCUT2D eigenvalue weighted by atomic mass is 127. The normalized spacial score (nSPS) is 15.8. The molecule has 0 spiro atoms. The van der Waals surface area contributed by atoms with Crippen LogP contribution in [-0.2, 0) is 13.5 Å². The highest BCUT2D eigenvalue weighted by Crippen LogP contribution is 2.24.